The number of methoxy groups -OCH3 is 1. The highest BCUT2D eigenvalue weighted by Gasteiger charge is 2.39. The van der Waals surface area contributed by atoms with Crippen LogP contribution in [0, 0.1) is 0 Å². The smallest absolute Gasteiger partial charge is 0.343 e. The summed E-state index contributed by atoms with van der Waals surface area (Å²) in [5, 5.41) is 10.6. The van der Waals surface area contributed by atoms with E-state index in [0.29, 0.717) is 6.29 Å². The molecule has 0 aromatic heterocycles. The summed E-state index contributed by atoms with van der Waals surface area (Å²) in [6, 6.07) is 4.16. The van der Waals surface area contributed by atoms with Gasteiger partial charge in [0.1, 0.15) is 6.29 Å². The molecule has 0 radical (unpaired) electrons. The number of rotatable bonds is 4. The minimum atomic E-state index is -2.04. The van der Waals surface area contributed by atoms with Crippen LogP contribution in [0.1, 0.15) is 12.0 Å². The Labute approximate surface area is 108 Å². The quantitative estimate of drug-likeness (QED) is 0.674. The maximum atomic E-state index is 11.5. The summed E-state index contributed by atoms with van der Waals surface area (Å²) in [7, 11) is 1.12. The third kappa shape index (κ3) is 2.77. The van der Waals surface area contributed by atoms with Gasteiger partial charge in [-0.2, -0.15) is 0 Å². The molecule has 0 amide bonds. The van der Waals surface area contributed by atoms with Crippen molar-refractivity contribution in [1.29, 1.82) is 0 Å². The average molecular weight is 277 g/mol. The third-order valence-electron chi connectivity index (χ3n) is 2.30. The first-order valence-electron chi connectivity index (χ1n) is 4.65. The first kappa shape index (κ1) is 14.0. The van der Waals surface area contributed by atoms with Crippen LogP contribution in [0.4, 0.5) is 0 Å². The van der Waals surface area contributed by atoms with Crippen LogP contribution in [0.3, 0.4) is 0 Å². The molecule has 0 saturated carbocycles. The molecule has 0 bridgehead atoms. The Bertz CT molecular complexity index is 447. The fraction of sp³-hybridized carbons (Fsp3) is 0.273. The van der Waals surface area contributed by atoms with Gasteiger partial charge in [-0.15, -0.1) is 0 Å². The van der Waals surface area contributed by atoms with Crippen molar-refractivity contribution in [3.8, 4) is 0 Å². The van der Waals surface area contributed by atoms with Crippen LogP contribution >= 0.6 is 23.2 Å². The summed E-state index contributed by atoms with van der Waals surface area (Å²) in [6.07, 6.45) is 0.0110. The zero-order valence-electron chi connectivity index (χ0n) is 8.94. The monoisotopic (exact) mass is 276 g/mol. The molecule has 1 rings (SSSR count). The zero-order valence-corrected chi connectivity index (χ0v) is 10.5. The van der Waals surface area contributed by atoms with Crippen LogP contribution in [-0.2, 0) is 19.9 Å². The van der Waals surface area contributed by atoms with E-state index in [1.807, 2.05) is 0 Å². The van der Waals surface area contributed by atoms with Gasteiger partial charge < -0.3 is 14.6 Å². The molecule has 0 unspecified atom stereocenters. The number of ether oxygens (including phenoxy) is 1. The second-order valence-corrected chi connectivity index (χ2v) is 4.17. The first-order valence-corrected chi connectivity index (χ1v) is 5.41. The van der Waals surface area contributed by atoms with Gasteiger partial charge in [-0.05, 0) is 17.7 Å². The molecule has 1 atom stereocenters. The minimum absolute atomic E-state index is 0.158. The summed E-state index contributed by atoms with van der Waals surface area (Å²) >= 11 is 11.5. The fourth-order valence-electron chi connectivity index (χ4n) is 1.36. The van der Waals surface area contributed by atoms with Crippen LogP contribution in [0.15, 0.2) is 18.2 Å². The molecular weight excluding hydrogens is 267 g/mol. The van der Waals surface area contributed by atoms with Gasteiger partial charge in [-0.3, -0.25) is 0 Å². The van der Waals surface area contributed by atoms with Gasteiger partial charge in [0, 0.05) is 6.42 Å². The molecule has 17 heavy (non-hydrogen) atoms. The van der Waals surface area contributed by atoms with Gasteiger partial charge in [0.2, 0.25) is 0 Å². The number of halogens is 2. The van der Waals surface area contributed by atoms with Crippen LogP contribution < -0.4 is 0 Å². The van der Waals surface area contributed by atoms with Gasteiger partial charge in [0.05, 0.1) is 17.2 Å². The summed E-state index contributed by atoms with van der Waals surface area (Å²) < 4.78 is 4.47. The topological polar surface area (TPSA) is 63.6 Å². The SMILES string of the molecule is COC(=O)[C@@](O)(CC=O)c1ccc(Cl)c(Cl)c1. The molecule has 1 N–H and O–H groups in total. The lowest BCUT2D eigenvalue weighted by atomic mass is 9.91. The Morgan fingerprint density at radius 1 is 1.47 bits per heavy atom. The van der Waals surface area contributed by atoms with Gasteiger partial charge in [0.25, 0.3) is 0 Å². The minimum Gasteiger partial charge on any atom is -0.467 e. The molecule has 6 heteroatoms. The maximum Gasteiger partial charge on any atom is 0.343 e. The summed E-state index contributed by atoms with van der Waals surface area (Å²) in [5.74, 6) is -0.928. The number of aliphatic hydroxyl groups is 1. The Morgan fingerprint density at radius 2 is 2.12 bits per heavy atom. The number of hydrogen-bond acceptors (Lipinski definition) is 4. The van der Waals surface area contributed by atoms with Gasteiger partial charge in [-0.1, -0.05) is 29.3 Å². The Morgan fingerprint density at radius 3 is 2.59 bits per heavy atom. The van der Waals surface area contributed by atoms with E-state index >= 15 is 0 Å². The summed E-state index contributed by atoms with van der Waals surface area (Å²) in [6.45, 7) is 0. The van der Waals surface area contributed by atoms with E-state index in [4.69, 9.17) is 23.2 Å². The molecular formula is C11H10Cl2O4. The molecule has 0 saturated heterocycles. The lowest BCUT2D eigenvalue weighted by Gasteiger charge is -2.23. The van der Waals surface area contributed by atoms with Crippen molar-refractivity contribution in [2.24, 2.45) is 0 Å². The van der Waals surface area contributed by atoms with Gasteiger partial charge >= 0.3 is 5.97 Å². The molecule has 0 aliphatic carbocycles. The highest BCUT2D eigenvalue weighted by Crippen LogP contribution is 2.31. The largest absolute Gasteiger partial charge is 0.467 e. The van der Waals surface area contributed by atoms with Crippen molar-refractivity contribution in [3.63, 3.8) is 0 Å². The Hall–Kier alpha value is -1.10. The molecule has 0 heterocycles. The molecule has 4 nitrogen and oxygen atoms in total. The average Bonchev–Trinajstić information content (AvgIpc) is 2.31. The van der Waals surface area contributed by atoms with Gasteiger partial charge in [0.15, 0.2) is 5.60 Å². The molecule has 0 aliphatic heterocycles. The molecule has 92 valence electrons. The van der Waals surface area contributed by atoms with Crippen molar-refractivity contribution in [3.05, 3.63) is 33.8 Å². The standard InChI is InChI=1S/C11H10Cl2O4/c1-17-10(15)11(16,4-5-14)7-2-3-8(12)9(13)6-7/h2-3,5-6,16H,4H2,1H3/t11-/m1/s1. The normalized spacial score (nSPS) is 13.9. The van der Waals surface area contributed by atoms with Crippen LogP contribution in [0.25, 0.3) is 0 Å². The second-order valence-electron chi connectivity index (χ2n) is 3.35. The van der Waals surface area contributed by atoms with E-state index in [-0.39, 0.29) is 15.6 Å². The van der Waals surface area contributed by atoms with Crippen LogP contribution in [0.2, 0.25) is 10.0 Å². The molecule has 0 spiro atoms. The molecule has 0 fully saturated rings. The number of carbonyl (C=O) groups excluding carboxylic acids is 2. The van der Waals surface area contributed by atoms with E-state index in [9.17, 15) is 14.7 Å². The van der Waals surface area contributed by atoms with E-state index in [0.717, 1.165) is 7.11 Å². The lowest BCUT2D eigenvalue weighted by molar-refractivity contribution is -0.165. The summed E-state index contributed by atoms with van der Waals surface area (Å²) in [4.78, 5) is 22.1. The Balaban J connectivity index is 3.26. The van der Waals surface area contributed by atoms with Gasteiger partial charge in [-0.25, -0.2) is 4.79 Å². The van der Waals surface area contributed by atoms with Crippen molar-refractivity contribution in [2.75, 3.05) is 7.11 Å². The van der Waals surface area contributed by atoms with Crippen molar-refractivity contribution in [2.45, 2.75) is 12.0 Å². The number of carbonyl (C=O) groups is 2. The highest BCUT2D eigenvalue weighted by molar-refractivity contribution is 6.42. The van der Waals surface area contributed by atoms with Crippen molar-refractivity contribution in [1.82, 2.24) is 0 Å². The van der Waals surface area contributed by atoms with E-state index in [2.05, 4.69) is 4.74 Å². The first-order chi connectivity index (χ1) is 7.95. The number of hydrogen-bond donors (Lipinski definition) is 1. The fourth-order valence-corrected chi connectivity index (χ4v) is 1.66. The number of aldehydes is 1. The molecule has 1 aromatic rings. The predicted octanol–water partition coefficient (Wildman–Crippen LogP) is 1.94. The third-order valence-corrected chi connectivity index (χ3v) is 3.04. The highest BCUT2D eigenvalue weighted by atomic mass is 35.5. The Kier molecular flexibility index (Phi) is 4.51. The molecule has 0 aliphatic rings. The van der Waals surface area contributed by atoms with E-state index in [1.54, 1.807) is 0 Å². The summed E-state index contributed by atoms with van der Waals surface area (Å²) in [5.41, 5.74) is -1.88. The zero-order chi connectivity index (χ0) is 13.1. The predicted molar refractivity (Wildman–Crippen MR) is 63.1 cm³/mol. The van der Waals surface area contributed by atoms with Crippen molar-refractivity contribution < 1.29 is 19.4 Å². The molecule has 1 aromatic carbocycles. The maximum absolute atomic E-state index is 11.5. The second kappa shape index (κ2) is 5.49. The van der Waals surface area contributed by atoms with Crippen LogP contribution in [-0.4, -0.2) is 24.5 Å². The van der Waals surface area contributed by atoms with Crippen molar-refractivity contribution >= 4 is 35.5 Å². The lowest BCUT2D eigenvalue weighted by Crippen LogP contribution is -2.37. The van der Waals surface area contributed by atoms with Crippen LogP contribution in [0.5, 0.6) is 0 Å². The number of esters is 1. The van der Waals surface area contributed by atoms with E-state index in [1.165, 1.54) is 18.2 Å². The number of benzene rings is 1. The van der Waals surface area contributed by atoms with E-state index < -0.39 is 18.0 Å².